The van der Waals surface area contributed by atoms with Crippen molar-refractivity contribution in [1.29, 1.82) is 0 Å². The van der Waals surface area contributed by atoms with Crippen molar-refractivity contribution < 1.29 is 9.53 Å². The third-order valence-corrected chi connectivity index (χ3v) is 4.72. The van der Waals surface area contributed by atoms with E-state index in [-0.39, 0.29) is 11.8 Å². The Morgan fingerprint density at radius 2 is 1.90 bits per heavy atom. The van der Waals surface area contributed by atoms with Gasteiger partial charge in [0.25, 0.3) is 0 Å². The smallest absolute Gasteiger partial charge is 0.227 e. The van der Waals surface area contributed by atoms with E-state index in [1.54, 1.807) is 7.11 Å². The van der Waals surface area contributed by atoms with Gasteiger partial charge >= 0.3 is 0 Å². The summed E-state index contributed by atoms with van der Waals surface area (Å²) in [5.41, 5.74) is 0.849. The Labute approximate surface area is 128 Å². The molecule has 0 bridgehead atoms. The molecule has 1 aliphatic rings. The number of benzene rings is 1. The molecule has 0 saturated heterocycles. The average Bonchev–Trinajstić information content (AvgIpc) is 2.47. The van der Waals surface area contributed by atoms with Crippen molar-refractivity contribution in [1.82, 2.24) is 0 Å². The highest BCUT2D eigenvalue weighted by Crippen LogP contribution is 2.38. The molecule has 21 heavy (non-hydrogen) atoms. The molecule has 1 saturated carbocycles. The zero-order chi connectivity index (χ0) is 15.4. The number of amides is 1. The minimum absolute atomic E-state index is 0.135. The van der Waals surface area contributed by atoms with Crippen molar-refractivity contribution in [2.24, 2.45) is 23.7 Å². The summed E-state index contributed by atoms with van der Waals surface area (Å²) in [6.45, 7) is 6.72. The second kappa shape index (κ2) is 6.97. The van der Waals surface area contributed by atoms with Crippen molar-refractivity contribution >= 4 is 11.6 Å². The van der Waals surface area contributed by atoms with E-state index in [1.807, 2.05) is 24.3 Å². The lowest BCUT2D eigenvalue weighted by Gasteiger charge is -2.36. The normalized spacial score (nSPS) is 25.7. The SMILES string of the molecule is COc1ccc(NC(=O)[C@H]2C[C@H](C)CC[C@H]2C(C)C)cc1. The molecule has 0 spiro atoms. The van der Waals surface area contributed by atoms with Gasteiger partial charge in [-0.3, -0.25) is 4.79 Å². The first-order valence-electron chi connectivity index (χ1n) is 7.96. The molecule has 0 radical (unpaired) electrons. The quantitative estimate of drug-likeness (QED) is 0.895. The van der Waals surface area contributed by atoms with Crippen LogP contribution in [0.3, 0.4) is 0 Å². The molecule has 0 heterocycles. The van der Waals surface area contributed by atoms with Gasteiger partial charge in [-0.15, -0.1) is 0 Å². The number of anilines is 1. The van der Waals surface area contributed by atoms with E-state index >= 15 is 0 Å². The highest BCUT2D eigenvalue weighted by molar-refractivity contribution is 5.92. The second-order valence-electron chi connectivity index (χ2n) is 6.65. The first kappa shape index (κ1) is 15.9. The molecule has 0 unspecified atom stereocenters. The average molecular weight is 289 g/mol. The van der Waals surface area contributed by atoms with Crippen molar-refractivity contribution in [2.75, 3.05) is 12.4 Å². The maximum absolute atomic E-state index is 12.6. The molecule has 3 atom stereocenters. The lowest BCUT2D eigenvalue weighted by Crippen LogP contribution is -2.36. The first-order chi connectivity index (χ1) is 10.0. The van der Waals surface area contributed by atoms with Crippen molar-refractivity contribution in [3.63, 3.8) is 0 Å². The lowest BCUT2D eigenvalue weighted by molar-refractivity contribution is -0.123. The summed E-state index contributed by atoms with van der Waals surface area (Å²) < 4.78 is 5.14. The minimum Gasteiger partial charge on any atom is -0.497 e. The molecule has 3 heteroatoms. The number of carbonyl (C=O) groups excluding carboxylic acids is 1. The Bertz CT molecular complexity index is 467. The number of methoxy groups -OCH3 is 1. The zero-order valence-electron chi connectivity index (χ0n) is 13.6. The number of rotatable bonds is 4. The third kappa shape index (κ3) is 3.99. The molecule has 1 aromatic carbocycles. The van der Waals surface area contributed by atoms with Gasteiger partial charge in [-0.25, -0.2) is 0 Å². The van der Waals surface area contributed by atoms with Crippen LogP contribution >= 0.6 is 0 Å². The molecular weight excluding hydrogens is 262 g/mol. The predicted molar refractivity (Wildman–Crippen MR) is 86.5 cm³/mol. The van der Waals surface area contributed by atoms with E-state index in [9.17, 15) is 4.79 Å². The standard InChI is InChI=1S/C18H27NO2/c1-12(2)16-10-5-13(3)11-17(16)18(20)19-14-6-8-15(21-4)9-7-14/h6-9,12-13,16-17H,5,10-11H2,1-4H3,(H,19,20)/t13-,16+,17+/m1/s1. The molecule has 2 rings (SSSR count). The van der Waals surface area contributed by atoms with Gasteiger partial charge in [0, 0.05) is 11.6 Å². The highest BCUT2D eigenvalue weighted by atomic mass is 16.5. The van der Waals surface area contributed by atoms with Crippen LogP contribution in [0.25, 0.3) is 0 Å². The van der Waals surface area contributed by atoms with Crippen molar-refractivity contribution in [2.45, 2.75) is 40.0 Å². The Balaban J connectivity index is 2.05. The van der Waals surface area contributed by atoms with E-state index in [0.717, 1.165) is 17.9 Å². The summed E-state index contributed by atoms with van der Waals surface area (Å²) >= 11 is 0. The van der Waals surface area contributed by atoms with Crippen LogP contribution in [0.1, 0.15) is 40.0 Å². The largest absolute Gasteiger partial charge is 0.497 e. The van der Waals surface area contributed by atoms with Gasteiger partial charge < -0.3 is 10.1 Å². The molecule has 3 nitrogen and oxygen atoms in total. The third-order valence-electron chi connectivity index (χ3n) is 4.72. The lowest BCUT2D eigenvalue weighted by atomic mass is 9.70. The maximum Gasteiger partial charge on any atom is 0.227 e. The van der Waals surface area contributed by atoms with E-state index in [0.29, 0.717) is 17.8 Å². The molecule has 1 aromatic rings. The number of ether oxygens (including phenoxy) is 1. The number of hydrogen-bond donors (Lipinski definition) is 1. The van der Waals surface area contributed by atoms with Gasteiger partial charge in [0.15, 0.2) is 0 Å². The first-order valence-corrected chi connectivity index (χ1v) is 7.96. The van der Waals surface area contributed by atoms with Gasteiger partial charge in [0.1, 0.15) is 5.75 Å². The van der Waals surface area contributed by atoms with Crippen LogP contribution in [0.4, 0.5) is 5.69 Å². The van der Waals surface area contributed by atoms with Crippen LogP contribution in [0.2, 0.25) is 0 Å². The summed E-state index contributed by atoms with van der Waals surface area (Å²) in [4.78, 5) is 12.6. The molecular formula is C18H27NO2. The van der Waals surface area contributed by atoms with Gasteiger partial charge in [-0.2, -0.15) is 0 Å². The van der Waals surface area contributed by atoms with Gasteiger partial charge in [-0.05, 0) is 54.9 Å². The molecule has 1 N–H and O–H groups in total. The summed E-state index contributed by atoms with van der Waals surface area (Å²) in [6, 6.07) is 7.54. The topological polar surface area (TPSA) is 38.3 Å². The second-order valence-corrected chi connectivity index (χ2v) is 6.65. The van der Waals surface area contributed by atoms with Crippen molar-refractivity contribution in [3.05, 3.63) is 24.3 Å². The molecule has 0 aliphatic heterocycles. The molecule has 1 amide bonds. The fourth-order valence-electron chi connectivity index (χ4n) is 3.41. The Morgan fingerprint density at radius 1 is 1.24 bits per heavy atom. The molecule has 1 aliphatic carbocycles. The summed E-state index contributed by atoms with van der Waals surface area (Å²) in [6.07, 6.45) is 3.42. The van der Waals surface area contributed by atoms with Crippen LogP contribution in [-0.4, -0.2) is 13.0 Å². The Hall–Kier alpha value is -1.51. The monoisotopic (exact) mass is 289 g/mol. The number of hydrogen-bond acceptors (Lipinski definition) is 2. The van der Waals surface area contributed by atoms with Crippen LogP contribution in [0.5, 0.6) is 5.75 Å². The van der Waals surface area contributed by atoms with Gasteiger partial charge in [-0.1, -0.05) is 27.2 Å². The van der Waals surface area contributed by atoms with Crippen LogP contribution < -0.4 is 10.1 Å². The van der Waals surface area contributed by atoms with Gasteiger partial charge in [0.2, 0.25) is 5.91 Å². The minimum atomic E-state index is 0.135. The predicted octanol–water partition coefficient (Wildman–Crippen LogP) is 4.34. The molecule has 1 fully saturated rings. The molecule has 0 aromatic heterocycles. The Morgan fingerprint density at radius 3 is 2.48 bits per heavy atom. The Kier molecular flexibility index (Phi) is 5.27. The molecule has 116 valence electrons. The zero-order valence-corrected chi connectivity index (χ0v) is 13.6. The van der Waals surface area contributed by atoms with Gasteiger partial charge in [0.05, 0.1) is 7.11 Å². The van der Waals surface area contributed by atoms with Crippen molar-refractivity contribution in [3.8, 4) is 5.75 Å². The van der Waals surface area contributed by atoms with Crippen LogP contribution in [-0.2, 0) is 4.79 Å². The fourth-order valence-corrected chi connectivity index (χ4v) is 3.41. The van der Waals surface area contributed by atoms with E-state index in [2.05, 4.69) is 26.1 Å². The van der Waals surface area contributed by atoms with E-state index < -0.39 is 0 Å². The number of nitrogens with one attached hydrogen (secondary N) is 1. The van der Waals surface area contributed by atoms with Crippen LogP contribution in [0.15, 0.2) is 24.3 Å². The highest BCUT2D eigenvalue weighted by Gasteiger charge is 2.35. The van der Waals surface area contributed by atoms with Crippen LogP contribution in [0, 0.1) is 23.7 Å². The fraction of sp³-hybridized carbons (Fsp3) is 0.611. The van der Waals surface area contributed by atoms with E-state index in [4.69, 9.17) is 4.74 Å². The van der Waals surface area contributed by atoms with E-state index in [1.165, 1.54) is 12.8 Å². The maximum atomic E-state index is 12.6. The summed E-state index contributed by atoms with van der Waals surface area (Å²) in [5, 5.41) is 3.07. The number of carbonyl (C=O) groups is 1. The summed E-state index contributed by atoms with van der Waals surface area (Å²) in [7, 11) is 1.64. The summed E-state index contributed by atoms with van der Waals surface area (Å²) in [5.74, 6) is 2.82.